The smallest absolute Gasteiger partial charge is 0.271 e. The first kappa shape index (κ1) is 12.2. The standard InChI is InChI=1S/C10H7BrN2O3/c11-3-1-2-7-4-8(10(12)14)6-9(5-7)13(15)16/h4-6H,3H2,(H2,12,14). The molecule has 2 N–H and O–H groups in total. The van der Waals surface area contributed by atoms with Crippen molar-refractivity contribution in [2.45, 2.75) is 0 Å². The van der Waals surface area contributed by atoms with Crippen LogP contribution in [0.5, 0.6) is 0 Å². The van der Waals surface area contributed by atoms with Crippen LogP contribution >= 0.6 is 15.9 Å². The lowest BCUT2D eigenvalue weighted by molar-refractivity contribution is -0.384. The highest BCUT2D eigenvalue weighted by atomic mass is 79.9. The van der Waals surface area contributed by atoms with Crippen molar-refractivity contribution in [3.8, 4) is 11.8 Å². The van der Waals surface area contributed by atoms with Gasteiger partial charge in [-0.1, -0.05) is 27.8 Å². The number of nitro groups is 1. The molecular weight excluding hydrogens is 276 g/mol. The zero-order chi connectivity index (χ0) is 12.1. The van der Waals surface area contributed by atoms with E-state index in [-0.39, 0.29) is 11.3 Å². The summed E-state index contributed by atoms with van der Waals surface area (Å²) in [5.41, 5.74) is 5.33. The molecule has 0 radical (unpaired) electrons. The fourth-order valence-corrected chi connectivity index (χ4v) is 1.21. The summed E-state index contributed by atoms with van der Waals surface area (Å²) in [6, 6.07) is 3.84. The SMILES string of the molecule is NC(=O)c1cc(C#CCBr)cc([N+](=O)[O-])c1. The van der Waals surface area contributed by atoms with Crippen LogP contribution in [-0.2, 0) is 0 Å². The van der Waals surface area contributed by atoms with E-state index in [1.807, 2.05) is 0 Å². The van der Waals surface area contributed by atoms with E-state index < -0.39 is 10.8 Å². The lowest BCUT2D eigenvalue weighted by Crippen LogP contribution is -2.11. The fourth-order valence-electron chi connectivity index (χ4n) is 1.07. The molecule has 0 spiro atoms. The summed E-state index contributed by atoms with van der Waals surface area (Å²) in [6.45, 7) is 0. The highest BCUT2D eigenvalue weighted by Crippen LogP contribution is 2.16. The first-order chi connectivity index (χ1) is 7.54. The Labute approximate surface area is 99.9 Å². The zero-order valence-corrected chi connectivity index (χ0v) is 9.65. The number of halogens is 1. The Hall–Kier alpha value is -1.87. The number of carbonyl (C=O) groups is 1. The van der Waals surface area contributed by atoms with Crippen LogP contribution in [0.1, 0.15) is 15.9 Å². The van der Waals surface area contributed by atoms with Gasteiger partial charge in [0.05, 0.1) is 10.3 Å². The van der Waals surface area contributed by atoms with Crippen molar-refractivity contribution in [1.29, 1.82) is 0 Å². The first-order valence-electron chi connectivity index (χ1n) is 4.18. The molecule has 1 aromatic carbocycles. The van der Waals surface area contributed by atoms with Crippen LogP contribution < -0.4 is 5.73 Å². The molecule has 5 nitrogen and oxygen atoms in total. The zero-order valence-electron chi connectivity index (χ0n) is 8.07. The number of non-ortho nitro benzene ring substituents is 1. The number of hydrogen-bond donors (Lipinski definition) is 1. The van der Waals surface area contributed by atoms with Gasteiger partial charge < -0.3 is 5.73 Å². The van der Waals surface area contributed by atoms with Gasteiger partial charge in [-0.25, -0.2) is 0 Å². The third-order valence-corrected chi connectivity index (χ3v) is 1.99. The van der Waals surface area contributed by atoms with E-state index in [4.69, 9.17) is 5.73 Å². The number of nitrogens with two attached hydrogens (primary N) is 1. The predicted molar refractivity (Wildman–Crippen MR) is 62.3 cm³/mol. The number of nitrogens with zero attached hydrogens (tertiary/aromatic N) is 1. The molecule has 0 aromatic heterocycles. The summed E-state index contributed by atoms with van der Waals surface area (Å²) < 4.78 is 0. The molecule has 0 saturated heterocycles. The van der Waals surface area contributed by atoms with Crippen LogP contribution in [0.15, 0.2) is 18.2 Å². The highest BCUT2D eigenvalue weighted by Gasteiger charge is 2.11. The van der Waals surface area contributed by atoms with Crippen molar-refractivity contribution < 1.29 is 9.72 Å². The molecule has 1 amide bonds. The van der Waals surface area contributed by atoms with Crippen LogP contribution in [0.25, 0.3) is 0 Å². The topological polar surface area (TPSA) is 86.2 Å². The average Bonchev–Trinajstić information content (AvgIpc) is 2.25. The number of amides is 1. The Morgan fingerprint density at radius 3 is 2.69 bits per heavy atom. The lowest BCUT2D eigenvalue weighted by atomic mass is 10.1. The van der Waals surface area contributed by atoms with Gasteiger partial charge in [-0.2, -0.15) is 0 Å². The van der Waals surface area contributed by atoms with Gasteiger partial charge in [-0.3, -0.25) is 14.9 Å². The van der Waals surface area contributed by atoms with Gasteiger partial charge >= 0.3 is 0 Å². The van der Waals surface area contributed by atoms with Crippen molar-refractivity contribution >= 4 is 27.5 Å². The minimum atomic E-state index is -0.717. The van der Waals surface area contributed by atoms with Gasteiger partial charge in [0.25, 0.3) is 5.69 Å². The van der Waals surface area contributed by atoms with Crippen molar-refractivity contribution in [3.05, 3.63) is 39.4 Å². The summed E-state index contributed by atoms with van der Waals surface area (Å²) in [7, 11) is 0. The average molecular weight is 283 g/mol. The molecule has 0 aliphatic heterocycles. The molecule has 0 unspecified atom stereocenters. The molecule has 0 fully saturated rings. The summed E-state index contributed by atoms with van der Waals surface area (Å²) >= 11 is 3.10. The maximum Gasteiger partial charge on any atom is 0.271 e. The minimum absolute atomic E-state index is 0.0769. The molecular formula is C10H7BrN2O3. The number of carbonyl (C=O) groups excluding carboxylic acids is 1. The van der Waals surface area contributed by atoms with E-state index in [0.29, 0.717) is 10.9 Å². The summed E-state index contributed by atoms with van der Waals surface area (Å²) in [5.74, 6) is 4.65. The van der Waals surface area contributed by atoms with Crippen molar-refractivity contribution in [3.63, 3.8) is 0 Å². The van der Waals surface area contributed by atoms with Crippen LogP contribution in [0.4, 0.5) is 5.69 Å². The number of alkyl halides is 1. The monoisotopic (exact) mass is 282 g/mol. The fraction of sp³-hybridized carbons (Fsp3) is 0.100. The second-order valence-corrected chi connectivity index (χ2v) is 3.39. The molecule has 0 bridgehead atoms. The van der Waals surface area contributed by atoms with Gasteiger partial charge in [0.15, 0.2) is 0 Å². The summed E-state index contributed by atoms with van der Waals surface area (Å²) in [5, 5.41) is 11.0. The number of hydrogen-bond acceptors (Lipinski definition) is 3. The molecule has 82 valence electrons. The molecule has 16 heavy (non-hydrogen) atoms. The van der Waals surface area contributed by atoms with Crippen LogP contribution in [0, 0.1) is 22.0 Å². The molecule has 0 heterocycles. The quantitative estimate of drug-likeness (QED) is 0.385. The lowest BCUT2D eigenvalue weighted by Gasteiger charge is -1.97. The highest BCUT2D eigenvalue weighted by molar-refractivity contribution is 9.09. The van der Waals surface area contributed by atoms with Crippen LogP contribution in [0.3, 0.4) is 0 Å². The molecule has 1 aromatic rings. The minimum Gasteiger partial charge on any atom is -0.366 e. The Bertz CT molecular complexity index is 470. The van der Waals surface area contributed by atoms with Crippen LogP contribution in [0.2, 0.25) is 0 Å². The molecule has 0 aliphatic rings. The van der Waals surface area contributed by atoms with E-state index in [0.717, 1.165) is 6.07 Å². The van der Waals surface area contributed by atoms with Gasteiger partial charge in [0.2, 0.25) is 5.91 Å². The third kappa shape index (κ3) is 3.07. The number of primary amides is 1. The molecule has 1 rings (SSSR count). The van der Waals surface area contributed by atoms with Gasteiger partial charge in [0.1, 0.15) is 0 Å². The molecule has 6 heteroatoms. The second kappa shape index (κ2) is 5.28. The van der Waals surface area contributed by atoms with Gasteiger partial charge in [0, 0.05) is 23.3 Å². The largest absolute Gasteiger partial charge is 0.366 e. The van der Waals surface area contributed by atoms with Gasteiger partial charge in [-0.15, -0.1) is 0 Å². The first-order valence-corrected chi connectivity index (χ1v) is 5.31. The van der Waals surface area contributed by atoms with Gasteiger partial charge in [-0.05, 0) is 6.07 Å². The molecule has 0 saturated carbocycles. The number of benzene rings is 1. The molecule has 0 atom stereocenters. The summed E-state index contributed by atoms with van der Waals surface area (Å²) in [6.07, 6.45) is 0. The summed E-state index contributed by atoms with van der Waals surface area (Å²) in [4.78, 5) is 21.0. The second-order valence-electron chi connectivity index (χ2n) is 2.83. The van der Waals surface area contributed by atoms with E-state index in [2.05, 4.69) is 27.8 Å². The Morgan fingerprint density at radius 1 is 1.50 bits per heavy atom. The van der Waals surface area contributed by atoms with E-state index >= 15 is 0 Å². The molecule has 0 aliphatic carbocycles. The van der Waals surface area contributed by atoms with Crippen LogP contribution in [-0.4, -0.2) is 16.2 Å². The maximum absolute atomic E-state index is 10.9. The Balaban J connectivity index is 3.29. The predicted octanol–water partition coefficient (Wildman–Crippen LogP) is 1.44. The van der Waals surface area contributed by atoms with Crippen molar-refractivity contribution in [2.24, 2.45) is 5.73 Å². The van der Waals surface area contributed by atoms with E-state index in [1.165, 1.54) is 12.1 Å². The Morgan fingerprint density at radius 2 is 2.19 bits per heavy atom. The maximum atomic E-state index is 10.9. The number of nitro benzene ring substituents is 1. The third-order valence-electron chi connectivity index (χ3n) is 1.71. The van der Waals surface area contributed by atoms with Crippen molar-refractivity contribution in [1.82, 2.24) is 0 Å². The van der Waals surface area contributed by atoms with E-state index in [9.17, 15) is 14.9 Å². The Kier molecular flexibility index (Phi) is 4.03. The van der Waals surface area contributed by atoms with Crippen molar-refractivity contribution in [2.75, 3.05) is 5.33 Å². The van der Waals surface area contributed by atoms with E-state index in [1.54, 1.807) is 0 Å². The normalized spacial score (nSPS) is 9.06. The number of rotatable bonds is 2.